The molecule has 0 bridgehead atoms. The first kappa shape index (κ1) is 21.0. The Bertz CT molecular complexity index is 1430. The summed E-state index contributed by atoms with van der Waals surface area (Å²) < 4.78 is 8.57. The summed E-state index contributed by atoms with van der Waals surface area (Å²) in [5, 5.41) is 0. The Hall–Kier alpha value is -4.27. The Morgan fingerprint density at radius 1 is 0.906 bits per heavy atom. The minimum atomic E-state index is -0.700. The molecule has 162 valence electrons. The molecule has 0 atom stereocenters. The van der Waals surface area contributed by atoms with Crippen molar-refractivity contribution in [2.24, 2.45) is 14.1 Å². The second-order valence-electron chi connectivity index (χ2n) is 7.28. The van der Waals surface area contributed by atoms with Crippen molar-refractivity contribution in [3.05, 3.63) is 87.3 Å². The van der Waals surface area contributed by atoms with E-state index in [4.69, 9.17) is 4.74 Å². The number of nitrogens with zero attached hydrogens (tertiary/aromatic N) is 4. The van der Waals surface area contributed by atoms with Crippen LogP contribution in [0.25, 0.3) is 22.3 Å². The highest BCUT2D eigenvalue weighted by Gasteiger charge is 2.17. The van der Waals surface area contributed by atoms with Gasteiger partial charge in [-0.05, 0) is 11.1 Å². The molecule has 2 aromatic carbocycles. The molecule has 0 aliphatic carbocycles. The van der Waals surface area contributed by atoms with Crippen molar-refractivity contribution >= 4 is 22.9 Å². The van der Waals surface area contributed by atoms with Gasteiger partial charge in [0.25, 0.3) is 5.56 Å². The zero-order chi connectivity index (χ0) is 22.8. The Balaban J connectivity index is 1.43. The lowest BCUT2D eigenvalue weighted by atomic mass is 10.0. The highest BCUT2D eigenvalue weighted by Crippen LogP contribution is 2.19. The van der Waals surface area contributed by atoms with Gasteiger partial charge < -0.3 is 9.30 Å². The molecule has 0 fully saturated rings. The average molecular weight is 432 g/mol. The molecule has 4 aromatic rings. The van der Waals surface area contributed by atoms with Crippen LogP contribution in [0.1, 0.15) is 10.4 Å². The summed E-state index contributed by atoms with van der Waals surface area (Å²) in [4.78, 5) is 53.2. The zero-order valence-corrected chi connectivity index (χ0v) is 17.5. The number of benzene rings is 2. The van der Waals surface area contributed by atoms with E-state index in [1.165, 1.54) is 29.6 Å². The number of Topliss-reactive ketones (excluding diaryl/α,β-unsaturated/α-hetero) is 1. The lowest BCUT2D eigenvalue weighted by Crippen LogP contribution is -2.37. The molecular weight excluding hydrogens is 412 g/mol. The second-order valence-corrected chi connectivity index (χ2v) is 7.28. The van der Waals surface area contributed by atoms with Gasteiger partial charge in [-0.25, -0.2) is 9.78 Å². The maximum Gasteiger partial charge on any atom is 0.332 e. The summed E-state index contributed by atoms with van der Waals surface area (Å²) in [7, 11) is 2.84. The lowest BCUT2D eigenvalue weighted by molar-refractivity contribution is -0.143. The highest BCUT2D eigenvalue weighted by atomic mass is 16.5. The Morgan fingerprint density at radius 3 is 2.25 bits per heavy atom. The first-order valence-corrected chi connectivity index (χ1v) is 9.82. The van der Waals surface area contributed by atoms with E-state index < -0.39 is 23.8 Å². The monoisotopic (exact) mass is 432 g/mol. The number of aryl methyl sites for hydroxylation is 1. The van der Waals surface area contributed by atoms with Crippen molar-refractivity contribution in [2.75, 3.05) is 6.61 Å². The van der Waals surface area contributed by atoms with Gasteiger partial charge >= 0.3 is 11.7 Å². The van der Waals surface area contributed by atoms with Gasteiger partial charge in [0.05, 0.1) is 6.33 Å². The van der Waals surface area contributed by atoms with Gasteiger partial charge in [-0.2, -0.15) is 0 Å². The molecule has 0 radical (unpaired) electrons. The third-order valence-corrected chi connectivity index (χ3v) is 5.19. The molecule has 0 unspecified atom stereocenters. The number of ether oxygens (including phenoxy) is 1. The first-order chi connectivity index (χ1) is 15.4. The predicted molar refractivity (Wildman–Crippen MR) is 117 cm³/mol. The molecule has 2 aromatic heterocycles. The summed E-state index contributed by atoms with van der Waals surface area (Å²) in [6.07, 6.45) is 1.29. The molecule has 0 amide bonds. The van der Waals surface area contributed by atoms with Gasteiger partial charge in [-0.15, -0.1) is 0 Å². The Labute approximate surface area is 182 Å². The number of carbonyl (C=O) groups excluding carboxylic acids is 2. The fraction of sp³-hybridized carbons (Fsp3) is 0.174. The van der Waals surface area contributed by atoms with Crippen LogP contribution in [0.4, 0.5) is 0 Å². The van der Waals surface area contributed by atoms with Gasteiger partial charge in [0, 0.05) is 19.7 Å². The topological polar surface area (TPSA) is 105 Å². The first-order valence-electron chi connectivity index (χ1n) is 9.82. The number of ketones is 1. The minimum absolute atomic E-state index is 0.106. The molecule has 0 spiro atoms. The van der Waals surface area contributed by atoms with Crippen molar-refractivity contribution in [1.29, 1.82) is 0 Å². The predicted octanol–water partition coefficient (Wildman–Crippen LogP) is 1.53. The zero-order valence-electron chi connectivity index (χ0n) is 17.5. The van der Waals surface area contributed by atoms with Crippen molar-refractivity contribution in [1.82, 2.24) is 18.7 Å². The third kappa shape index (κ3) is 3.87. The van der Waals surface area contributed by atoms with Crippen molar-refractivity contribution < 1.29 is 14.3 Å². The van der Waals surface area contributed by atoms with Crippen LogP contribution >= 0.6 is 0 Å². The third-order valence-electron chi connectivity index (χ3n) is 5.19. The van der Waals surface area contributed by atoms with E-state index in [1.807, 2.05) is 42.5 Å². The Kier molecular flexibility index (Phi) is 5.55. The van der Waals surface area contributed by atoms with Crippen molar-refractivity contribution in [3.63, 3.8) is 0 Å². The minimum Gasteiger partial charge on any atom is -0.456 e. The molecule has 0 aliphatic rings. The lowest BCUT2D eigenvalue weighted by Gasteiger charge is -2.08. The number of hydrogen-bond acceptors (Lipinski definition) is 6. The van der Waals surface area contributed by atoms with Crippen LogP contribution in [0.3, 0.4) is 0 Å². The van der Waals surface area contributed by atoms with E-state index in [1.54, 1.807) is 12.1 Å². The van der Waals surface area contributed by atoms with Crippen LogP contribution in [0.2, 0.25) is 0 Å². The van der Waals surface area contributed by atoms with Crippen LogP contribution in [-0.4, -0.2) is 37.0 Å². The van der Waals surface area contributed by atoms with Gasteiger partial charge in [0.2, 0.25) is 0 Å². The molecule has 4 rings (SSSR count). The molecular formula is C23H20N4O5. The van der Waals surface area contributed by atoms with Crippen LogP contribution in [-0.2, 0) is 30.2 Å². The SMILES string of the molecule is Cn1c(=O)c2c(ncn2CC(=O)OCC(=O)c2ccc(-c3ccccc3)cc2)n(C)c1=O. The summed E-state index contributed by atoms with van der Waals surface area (Å²) in [6.45, 7) is -0.739. The molecule has 9 nitrogen and oxygen atoms in total. The standard InChI is InChI=1S/C23H20N4O5/c1-25-21-20(22(30)26(2)23(25)31)27(14-24-21)12-19(29)32-13-18(28)17-10-8-16(9-11-17)15-6-4-3-5-7-15/h3-11,14H,12-13H2,1-2H3. The van der Waals surface area contributed by atoms with E-state index >= 15 is 0 Å². The van der Waals surface area contributed by atoms with Crippen LogP contribution in [0.5, 0.6) is 0 Å². The molecule has 9 heteroatoms. The van der Waals surface area contributed by atoms with E-state index in [0.717, 1.165) is 15.7 Å². The Morgan fingerprint density at radius 2 is 1.56 bits per heavy atom. The number of rotatable bonds is 6. The van der Waals surface area contributed by atoms with Crippen LogP contribution < -0.4 is 11.2 Å². The fourth-order valence-electron chi connectivity index (χ4n) is 3.41. The summed E-state index contributed by atoms with van der Waals surface area (Å²) in [6, 6.07) is 16.8. The summed E-state index contributed by atoms with van der Waals surface area (Å²) in [5.74, 6) is -1.04. The van der Waals surface area contributed by atoms with Crippen molar-refractivity contribution in [2.45, 2.75) is 6.54 Å². The van der Waals surface area contributed by atoms with Gasteiger partial charge in [0.1, 0.15) is 6.54 Å². The quantitative estimate of drug-likeness (QED) is 0.338. The van der Waals surface area contributed by atoms with Crippen LogP contribution in [0, 0.1) is 0 Å². The second kappa shape index (κ2) is 8.46. The number of aromatic nitrogens is 4. The molecule has 0 aliphatic heterocycles. The van der Waals surface area contributed by atoms with Crippen LogP contribution in [0.15, 0.2) is 70.5 Å². The number of fused-ring (bicyclic) bond motifs is 1. The van der Waals surface area contributed by atoms with Gasteiger partial charge in [-0.3, -0.25) is 23.5 Å². The normalized spacial score (nSPS) is 10.9. The average Bonchev–Trinajstić information content (AvgIpc) is 3.24. The summed E-state index contributed by atoms with van der Waals surface area (Å²) in [5.41, 5.74) is 1.63. The molecule has 0 saturated carbocycles. The molecule has 2 heterocycles. The number of hydrogen-bond donors (Lipinski definition) is 0. The maximum atomic E-state index is 12.4. The molecule has 0 N–H and O–H groups in total. The highest BCUT2D eigenvalue weighted by molar-refractivity contribution is 5.98. The van der Waals surface area contributed by atoms with E-state index in [0.29, 0.717) is 5.56 Å². The van der Waals surface area contributed by atoms with E-state index in [-0.39, 0.29) is 23.5 Å². The number of esters is 1. The fourth-order valence-corrected chi connectivity index (χ4v) is 3.41. The van der Waals surface area contributed by atoms with Gasteiger partial charge in [0.15, 0.2) is 23.6 Å². The maximum absolute atomic E-state index is 12.4. The van der Waals surface area contributed by atoms with Gasteiger partial charge in [-0.1, -0.05) is 54.6 Å². The van der Waals surface area contributed by atoms with Crippen molar-refractivity contribution in [3.8, 4) is 11.1 Å². The smallest absolute Gasteiger partial charge is 0.332 e. The molecule has 32 heavy (non-hydrogen) atoms. The van der Waals surface area contributed by atoms with E-state index in [2.05, 4.69) is 4.98 Å². The molecule has 0 saturated heterocycles. The summed E-state index contributed by atoms with van der Waals surface area (Å²) >= 11 is 0. The largest absolute Gasteiger partial charge is 0.456 e. The number of imidazole rings is 1. The van der Waals surface area contributed by atoms with E-state index in [9.17, 15) is 19.2 Å². The number of carbonyl (C=O) groups is 2.